The summed E-state index contributed by atoms with van der Waals surface area (Å²) in [5.74, 6) is 0.0649. The molecule has 1 unspecified atom stereocenters. The van der Waals surface area contributed by atoms with Gasteiger partial charge in [-0.2, -0.15) is 0 Å². The largest absolute Gasteiger partial charge is 0.480 e. The maximum Gasteiger partial charge on any atom is 0.326 e. The van der Waals surface area contributed by atoms with Crippen LogP contribution in [0.5, 0.6) is 5.88 Å². The molecule has 3 rings (SSSR count). The van der Waals surface area contributed by atoms with E-state index in [-0.39, 0.29) is 5.69 Å². The summed E-state index contributed by atoms with van der Waals surface area (Å²) < 4.78 is 5.87. The summed E-state index contributed by atoms with van der Waals surface area (Å²) in [4.78, 5) is 28.4. The monoisotopic (exact) mass is 346 g/mol. The SMILES string of the molecule is CC(C)(C)C(NC(=O)c1ccc(C2CC2)c(OCC2CC2)n1)C(=O)O. The number of nitrogens with one attached hydrogen (secondary N) is 1. The summed E-state index contributed by atoms with van der Waals surface area (Å²) in [7, 11) is 0. The minimum absolute atomic E-state index is 0.200. The van der Waals surface area contributed by atoms with Gasteiger partial charge in [-0.15, -0.1) is 0 Å². The number of aromatic nitrogens is 1. The Morgan fingerprint density at radius 3 is 2.48 bits per heavy atom. The van der Waals surface area contributed by atoms with Crippen LogP contribution in [-0.4, -0.2) is 34.6 Å². The normalized spacial score (nSPS) is 18.5. The molecular formula is C19H26N2O4. The molecule has 2 N–H and O–H groups in total. The Morgan fingerprint density at radius 1 is 1.28 bits per heavy atom. The molecule has 1 atom stereocenters. The van der Waals surface area contributed by atoms with Gasteiger partial charge in [0, 0.05) is 5.56 Å². The van der Waals surface area contributed by atoms with Crippen molar-refractivity contribution in [2.24, 2.45) is 11.3 Å². The van der Waals surface area contributed by atoms with Crippen molar-refractivity contribution < 1.29 is 19.4 Å². The van der Waals surface area contributed by atoms with E-state index in [0.717, 1.165) is 18.4 Å². The lowest BCUT2D eigenvalue weighted by Crippen LogP contribution is -2.49. The van der Waals surface area contributed by atoms with Crippen LogP contribution in [0.4, 0.5) is 0 Å². The highest BCUT2D eigenvalue weighted by Crippen LogP contribution is 2.44. The zero-order valence-corrected chi connectivity index (χ0v) is 15.0. The molecule has 1 amide bonds. The third kappa shape index (κ3) is 4.50. The van der Waals surface area contributed by atoms with Gasteiger partial charge in [0.15, 0.2) is 0 Å². The fourth-order valence-electron chi connectivity index (χ4n) is 2.73. The Morgan fingerprint density at radius 2 is 1.96 bits per heavy atom. The van der Waals surface area contributed by atoms with Crippen LogP contribution in [0.15, 0.2) is 12.1 Å². The second-order valence-corrected chi connectivity index (χ2v) is 8.23. The zero-order valence-electron chi connectivity index (χ0n) is 15.0. The van der Waals surface area contributed by atoms with Crippen molar-refractivity contribution in [3.8, 4) is 5.88 Å². The molecule has 0 radical (unpaired) electrons. The lowest BCUT2D eigenvalue weighted by atomic mass is 9.86. The van der Waals surface area contributed by atoms with E-state index in [2.05, 4.69) is 10.3 Å². The molecule has 0 bridgehead atoms. The zero-order chi connectivity index (χ0) is 18.2. The molecular weight excluding hydrogens is 320 g/mol. The first-order chi connectivity index (χ1) is 11.8. The second-order valence-electron chi connectivity index (χ2n) is 8.23. The summed E-state index contributed by atoms with van der Waals surface area (Å²) in [5, 5.41) is 12.0. The fourth-order valence-corrected chi connectivity index (χ4v) is 2.73. The minimum atomic E-state index is -1.05. The van der Waals surface area contributed by atoms with Crippen molar-refractivity contribution in [3.05, 3.63) is 23.4 Å². The quantitative estimate of drug-likeness (QED) is 0.792. The van der Waals surface area contributed by atoms with Gasteiger partial charge in [0.25, 0.3) is 5.91 Å². The standard InChI is InChI=1S/C19H26N2O4/c1-19(2,3)15(18(23)24)21-16(22)14-9-8-13(12-6-7-12)17(20-14)25-10-11-4-5-11/h8-9,11-12,15H,4-7,10H2,1-3H3,(H,21,22)(H,23,24). The molecule has 1 heterocycles. The van der Waals surface area contributed by atoms with Gasteiger partial charge >= 0.3 is 5.97 Å². The molecule has 2 aliphatic rings. The molecule has 1 aromatic heterocycles. The fraction of sp³-hybridized carbons (Fsp3) is 0.632. The van der Waals surface area contributed by atoms with Crippen molar-refractivity contribution in [2.45, 2.75) is 58.4 Å². The van der Waals surface area contributed by atoms with Crippen molar-refractivity contribution >= 4 is 11.9 Å². The van der Waals surface area contributed by atoms with Gasteiger partial charge in [0.05, 0.1) is 6.61 Å². The molecule has 1 aromatic rings. The summed E-state index contributed by atoms with van der Waals surface area (Å²) in [6, 6.07) is 2.57. The molecule has 2 saturated carbocycles. The number of aliphatic carboxylic acids is 1. The van der Waals surface area contributed by atoms with Gasteiger partial charge in [-0.1, -0.05) is 26.8 Å². The van der Waals surface area contributed by atoms with Crippen LogP contribution in [0.2, 0.25) is 0 Å². The molecule has 0 saturated heterocycles. The number of ether oxygens (including phenoxy) is 1. The third-order valence-corrected chi connectivity index (χ3v) is 4.68. The average Bonchev–Trinajstić information content (AvgIpc) is 3.42. The van der Waals surface area contributed by atoms with Crippen LogP contribution in [0.25, 0.3) is 0 Å². The molecule has 25 heavy (non-hydrogen) atoms. The Kier molecular flexibility index (Phi) is 4.71. The number of carboxylic acid groups (broad SMARTS) is 1. The van der Waals surface area contributed by atoms with Crippen LogP contribution in [0, 0.1) is 11.3 Å². The Labute approximate surface area is 148 Å². The van der Waals surface area contributed by atoms with E-state index < -0.39 is 23.3 Å². The van der Waals surface area contributed by atoms with Crippen molar-refractivity contribution in [1.82, 2.24) is 10.3 Å². The smallest absolute Gasteiger partial charge is 0.326 e. The number of pyridine rings is 1. The summed E-state index contributed by atoms with van der Waals surface area (Å²) in [5.41, 5.74) is 0.661. The third-order valence-electron chi connectivity index (χ3n) is 4.68. The Hall–Kier alpha value is -2.11. The first-order valence-electron chi connectivity index (χ1n) is 8.93. The van der Waals surface area contributed by atoms with Gasteiger partial charge in [0.2, 0.25) is 5.88 Å². The van der Waals surface area contributed by atoms with Gasteiger partial charge in [0.1, 0.15) is 11.7 Å². The maximum atomic E-state index is 12.5. The topological polar surface area (TPSA) is 88.5 Å². The highest BCUT2D eigenvalue weighted by molar-refractivity contribution is 5.95. The van der Waals surface area contributed by atoms with Crippen LogP contribution in [-0.2, 0) is 4.79 Å². The first-order valence-corrected chi connectivity index (χ1v) is 8.93. The van der Waals surface area contributed by atoms with E-state index in [4.69, 9.17) is 4.74 Å². The molecule has 2 fully saturated rings. The summed E-state index contributed by atoms with van der Waals surface area (Å²) >= 11 is 0. The number of hydrogen-bond donors (Lipinski definition) is 2. The van der Waals surface area contributed by atoms with Crippen molar-refractivity contribution in [2.75, 3.05) is 6.61 Å². The van der Waals surface area contributed by atoms with Crippen molar-refractivity contribution in [1.29, 1.82) is 0 Å². The molecule has 0 aromatic carbocycles. The molecule has 6 heteroatoms. The van der Waals surface area contributed by atoms with Gasteiger partial charge < -0.3 is 15.2 Å². The molecule has 0 spiro atoms. The van der Waals surface area contributed by atoms with Crippen LogP contribution in [0.1, 0.15) is 68.4 Å². The van der Waals surface area contributed by atoms with Crippen molar-refractivity contribution in [3.63, 3.8) is 0 Å². The number of carbonyl (C=O) groups is 2. The van der Waals surface area contributed by atoms with E-state index in [0.29, 0.717) is 24.3 Å². The predicted octanol–water partition coefficient (Wildman–Crippen LogP) is 2.98. The van der Waals surface area contributed by atoms with E-state index in [9.17, 15) is 14.7 Å². The van der Waals surface area contributed by atoms with Gasteiger partial charge in [-0.05, 0) is 49.0 Å². The lowest BCUT2D eigenvalue weighted by Gasteiger charge is -2.27. The maximum absolute atomic E-state index is 12.5. The number of hydrogen-bond acceptors (Lipinski definition) is 4. The minimum Gasteiger partial charge on any atom is -0.480 e. The van der Waals surface area contributed by atoms with Crippen LogP contribution < -0.4 is 10.1 Å². The summed E-state index contributed by atoms with van der Waals surface area (Å²) in [6.07, 6.45) is 4.62. The first kappa shape index (κ1) is 17.7. The van der Waals surface area contributed by atoms with E-state index in [1.54, 1.807) is 26.8 Å². The number of carbonyl (C=O) groups excluding carboxylic acids is 1. The van der Waals surface area contributed by atoms with Crippen LogP contribution in [0.3, 0.4) is 0 Å². The van der Waals surface area contributed by atoms with Gasteiger partial charge in [-0.25, -0.2) is 9.78 Å². The molecule has 2 aliphatic carbocycles. The molecule has 136 valence electrons. The van der Waals surface area contributed by atoms with Crippen LogP contribution >= 0.6 is 0 Å². The number of nitrogens with zero attached hydrogens (tertiary/aromatic N) is 1. The molecule has 6 nitrogen and oxygen atoms in total. The number of carboxylic acids is 1. The average molecular weight is 346 g/mol. The van der Waals surface area contributed by atoms with E-state index >= 15 is 0 Å². The summed E-state index contributed by atoms with van der Waals surface area (Å²) in [6.45, 7) is 5.97. The predicted molar refractivity (Wildman–Crippen MR) is 92.8 cm³/mol. The lowest BCUT2D eigenvalue weighted by molar-refractivity contribution is -0.142. The Balaban J connectivity index is 1.77. The Bertz CT molecular complexity index is 672. The number of rotatable bonds is 7. The highest BCUT2D eigenvalue weighted by Gasteiger charge is 2.34. The molecule has 0 aliphatic heterocycles. The van der Waals surface area contributed by atoms with E-state index in [1.807, 2.05) is 6.07 Å². The van der Waals surface area contributed by atoms with E-state index in [1.165, 1.54) is 12.8 Å². The van der Waals surface area contributed by atoms with Gasteiger partial charge in [-0.3, -0.25) is 4.79 Å². The second kappa shape index (κ2) is 6.65. The highest BCUT2D eigenvalue weighted by atomic mass is 16.5. The number of amides is 1.